The van der Waals surface area contributed by atoms with Gasteiger partial charge in [0.05, 0.1) is 41.5 Å². The Balaban J connectivity index is 0.00000768. The van der Waals surface area contributed by atoms with E-state index in [0.717, 1.165) is 77.2 Å². The van der Waals surface area contributed by atoms with Crippen molar-refractivity contribution in [1.82, 2.24) is 14.9 Å². The molecule has 1 aromatic heterocycles. The normalized spacial score (nSPS) is 18.8. The molecule has 2 atom stereocenters. The summed E-state index contributed by atoms with van der Waals surface area (Å²) in [6, 6.07) is 0.536. The number of nitrogens with zero attached hydrogens (tertiary/aromatic N) is 6. The van der Waals surface area contributed by atoms with E-state index >= 15 is 0 Å². The highest BCUT2D eigenvalue weighted by Crippen LogP contribution is 2.40. The molecule has 9 nitrogen and oxygen atoms in total. The van der Waals surface area contributed by atoms with Crippen molar-refractivity contribution in [3.8, 4) is 6.01 Å². The van der Waals surface area contributed by atoms with Crippen LogP contribution in [0.1, 0.15) is 111 Å². The second kappa shape index (κ2) is 19.4. The smallest absolute Gasteiger partial charge is 0.318 e. The van der Waals surface area contributed by atoms with Crippen molar-refractivity contribution in [2.24, 2.45) is 21.1 Å². The van der Waals surface area contributed by atoms with Gasteiger partial charge in [-0.25, -0.2) is 0 Å². The molecule has 0 spiro atoms. The van der Waals surface area contributed by atoms with Crippen molar-refractivity contribution in [2.75, 3.05) is 45.2 Å². The number of allylic oxidation sites excluding steroid dienone is 3. The molecule has 0 fully saturated rings. The highest BCUT2D eigenvalue weighted by atomic mass is 79.9. The summed E-state index contributed by atoms with van der Waals surface area (Å²) in [5.41, 5.74) is 10.8. The number of aliphatic imine (C=N–C) groups is 2. The van der Waals surface area contributed by atoms with E-state index in [1.165, 1.54) is 30.6 Å². The van der Waals surface area contributed by atoms with Crippen molar-refractivity contribution >= 4 is 64.2 Å². The van der Waals surface area contributed by atoms with Gasteiger partial charge in [-0.2, -0.15) is 23.5 Å². The zero-order chi connectivity index (χ0) is 33.9. The van der Waals surface area contributed by atoms with Crippen LogP contribution in [0, 0.1) is 5.41 Å². The monoisotopic (exact) mass is 731 g/mol. The molecular weight excluding hydrogens is 674 g/mol. The van der Waals surface area contributed by atoms with E-state index < -0.39 is 0 Å². The summed E-state index contributed by atoms with van der Waals surface area (Å²) in [5.74, 6) is 0.540. The molecule has 2 unspecified atom stereocenters. The Morgan fingerprint density at radius 1 is 1.19 bits per heavy atom. The highest BCUT2D eigenvalue weighted by molar-refractivity contribution is 9.12. The van der Waals surface area contributed by atoms with Crippen LogP contribution >= 0.6 is 29.4 Å². The van der Waals surface area contributed by atoms with Crippen LogP contribution < -0.4 is 15.4 Å². The zero-order valence-electron chi connectivity index (χ0n) is 30.0. The molecule has 11 heteroatoms. The number of likely N-dealkylation sites (N-methyl/N-ethyl adjacent to an activating group) is 1. The van der Waals surface area contributed by atoms with Gasteiger partial charge in [0.1, 0.15) is 5.82 Å². The van der Waals surface area contributed by atoms with Gasteiger partial charge in [-0.3, -0.25) is 14.8 Å². The minimum absolute atomic E-state index is 0. The van der Waals surface area contributed by atoms with Crippen LogP contribution in [-0.4, -0.2) is 78.6 Å². The molecule has 262 valence electrons. The maximum atomic E-state index is 12.5. The maximum absolute atomic E-state index is 12.5. The first-order chi connectivity index (χ1) is 22.0. The number of rotatable bonds is 15. The number of halogens is 1. The number of amides is 1. The average Bonchev–Trinajstić information content (AvgIpc) is 3.27. The molecule has 0 saturated heterocycles. The summed E-state index contributed by atoms with van der Waals surface area (Å²) >= 11 is 3.82. The summed E-state index contributed by atoms with van der Waals surface area (Å²) in [7, 11) is 3.39. The Hall–Kier alpha value is -2.66. The summed E-state index contributed by atoms with van der Waals surface area (Å²) in [6.07, 6.45) is 15.8. The average molecular weight is 733 g/mol. The van der Waals surface area contributed by atoms with E-state index in [0.29, 0.717) is 25.7 Å². The van der Waals surface area contributed by atoms with Gasteiger partial charge >= 0.3 is 6.01 Å². The molecule has 47 heavy (non-hydrogen) atoms. The quantitative estimate of drug-likeness (QED) is 0.146. The van der Waals surface area contributed by atoms with E-state index in [1.807, 2.05) is 13.0 Å². The van der Waals surface area contributed by atoms with Gasteiger partial charge < -0.3 is 20.3 Å². The molecule has 1 amide bonds. The molecule has 3 rings (SSSR count). The van der Waals surface area contributed by atoms with Gasteiger partial charge in [0, 0.05) is 48.7 Å². The minimum Gasteiger partial charge on any atom is -0.463 e. The van der Waals surface area contributed by atoms with Gasteiger partial charge in [0.25, 0.3) is 5.91 Å². The van der Waals surface area contributed by atoms with Crippen molar-refractivity contribution in [3.63, 3.8) is 0 Å². The standard InChI is InChI=1S/C36H56BrN7O2.H2S/c1-9-13-15-18-36(6,17-14-10-2)24-46-35-41-30-22-28(37)32(40-25(5)11-3)27(12-4)31(30)33(42-35)44-20-16-19-39-26(23-44)21-29(38)34(45)43(7)8;/h12,21-22,25H,9-11,13-20,23-24,38H2,1-8H3;1H2/b27-12-,29-21-,40-32?;. The van der Waals surface area contributed by atoms with Crippen molar-refractivity contribution < 1.29 is 9.53 Å². The van der Waals surface area contributed by atoms with E-state index in [2.05, 4.69) is 61.5 Å². The lowest BCUT2D eigenvalue weighted by Gasteiger charge is -2.31. The van der Waals surface area contributed by atoms with Crippen LogP contribution in [0.3, 0.4) is 0 Å². The number of hydrogen-bond acceptors (Lipinski definition) is 8. The second-order valence-corrected chi connectivity index (χ2v) is 14.0. The van der Waals surface area contributed by atoms with E-state index in [9.17, 15) is 4.79 Å². The van der Waals surface area contributed by atoms with Gasteiger partial charge in [-0.15, -0.1) is 0 Å². The third kappa shape index (κ3) is 11.2. The fourth-order valence-electron chi connectivity index (χ4n) is 5.75. The summed E-state index contributed by atoms with van der Waals surface area (Å²) in [5, 5.41) is 0. The molecule has 0 bridgehead atoms. The van der Waals surface area contributed by atoms with Gasteiger partial charge in [-0.05, 0) is 67.6 Å². The van der Waals surface area contributed by atoms with Gasteiger partial charge in [-0.1, -0.05) is 65.9 Å². The third-order valence-electron chi connectivity index (χ3n) is 8.74. The first kappa shape index (κ1) is 40.5. The minimum atomic E-state index is -0.240. The fraction of sp³-hybridized carbons (Fsp3) is 0.639. The Morgan fingerprint density at radius 2 is 1.89 bits per heavy atom. The lowest BCUT2D eigenvalue weighted by Crippen LogP contribution is -2.33. The fourth-order valence-corrected chi connectivity index (χ4v) is 6.29. The maximum Gasteiger partial charge on any atom is 0.318 e. The number of anilines is 1. The van der Waals surface area contributed by atoms with Gasteiger partial charge in [0.15, 0.2) is 0 Å². The molecule has 2 aliphatic rings. The first-order valence-corrected chi connectivity index (χ1v) is 17.9. The number of hydrogen-bond donors (Lipinski definition) is 1. The van der Waals surface area contributed by atoms with Crippen molar-refractivity contribution in [3.05, 3.63) is 33.6 Å². The Labute approximate surface area is 298 Å². The first-order valence-electron chi connectivity index (χ1n) is 17.1. The van der Waals surface area contributed by atoms with E-state index in [4.69, 9.17) is 30.4 Å². The predicted molar refractivity (Wildman–Crippen MR) is 208 cm³/mol. The molecule has 0 aromatic carbocycles. The summed E-state index contributed by atoms with van der Waals surface area (Å²) < 4.78 is 7.43. The SMILES string of the molecule is C/C=C1\C(=NC(C)CC)C(Br)=Cc2nc(OCC(C)(CCCC)CCCCC)nc(N3CCCN=C(/C=C(\N)C(=O)N(C)C)C3)c21.S. The Morgan fingerprint density at radius 3 is 2.53 bits per heavy atom. The predicted octanol–water partition coefficient (Wildman–Crippen LogP) is 7.72. The zero-order valence-corrected chi connectivity index (χ0v) is 32.5. The molecule has 1 aromatic rings. The molecular formula is C36H58BrN7O2S. The number of carbonyl (C=O) groups excluding carboxylic acids is 1. The summed E-state index contributed by atoms with van der Waals surface area (Å²) in [4.78, 5) is 36.2. The molecule has 2 N–H and O–H groups in total. The molecule has 1 aliphatic heterocycles. The molecule has 0 radical (unpaired) electrons. The van der Waals surface area contributed by atoms with E-state index in [1.54, 1.807) is 20.2 Å². The number of fused-ring (bicyclic) bond motifs is 1. The van der Waals surface area contributed by atoms with Gasteiger partial charge in [0.2, 0.25) is 0 Å². The van der Waals surface area contributed by atoms with Crippen molar-refractivity contribution in [2.45, 2.75) is 105 Å². The van der Waals surface area contributed by atoms with Crippen molar-refractivity contribution in [1.29, 1.82) is 0 Å². The van der Waals surface area contributed by atoms with Crippen LogP contribution in [0.5, 0.6) is 6.01 Å². The molecule has 1 aliphatic carbocycles. The largest absolute Gasteiger partial charge is 0.463 e. The van der Waals surface area contributed by atoms with Crippen LogP contribution in [0.2, 0.25) is 0 Å². The Bertz CT molecular complexity index is 1370. The third-order valence-corrected chi connectivity index (χ3v) is 9.34. The molecule has 0 saturated carbocycles. The number of ether oxygens (including phenoxy) is 1. The van der Waals surface area contributed by atoms with E-state index in [-0.39, 0.29) is 36.6 Å². The van der Waals surface area contributed by atoms with Crippen LogP contribution in [0.15, 0.2) is 32.3 Å². The number of aromatic nitrogens is 2. The highest BCUT2D eigenvalue weighted by Gasteiger charge is 2.31. The number of nitrogens with two attached hydrogens (primary N) is 1. The number of unbranched alkanes of at least 4 members (excludes halogenated alkanes) is 3. The lowest BCUT2D eigenvalue weighted by molar-refractivity contribution is -0.124. The Kier molecular flexibility index (Phi) is 16.7. The van der Waals surface area contributed by atoms with Crippen LogP contribution in [0.25, 0.3) is 11.6 Å². The van der Waals surface area contributed by atoms with Crippen LogP contribution in [0.4, 0.5) is 5.82 Å². The lowest BCUT2D eigenvalue weighted by atomic mass is 9.81. The second-order valence-electron chi connectivity index (χ2n) is 13.1. The van der Waals surface area contributed by atoms with Crippen LogP contribution in [-0.2, 0) is 4.79 Å². The number of carbonyl (C=O) groups is 1. The summed E-state index contributed by atoms with van der Waals surface area (Å²) in [6.45, 7) is 15.5. The molecule has 2 heterocycles. The topological polar surface area (TPSA) is 109 Å².